The summed E-state index contributed by atoms with van der Waals surface area (Å²) in [7, 11) is 0. The van der Waals surface area contributed by atoms with E-state index in [1.54, 1.807) is 17.5 Å². The summed E-state index contributed by atoms with van der Waals surface area (Å²) in [6.45, 7) is 2.04. The van der Waals surface area contributed by atoms with Crippen molar-refractivity contribution in [2.24, 2.45) is 0 Å². The number of pyridine rings is 1. The highest BCUT2D eigenvalue weighted by Gasteiger charge is 2.04. The fraction of sp³-hybridized carbons (Fsp3) is 0.111. The Morgan fingerprint density at radius 1 is 1.46 bits per heavy atom. The predicted octanol–water partition coefficient (Wildman–Crippen LogP) is 3.28. The number of halogens is 1. The summed E-state index contributed by atoms with van der Waals surface area (Å²) in [6.07, 6.45) is 3.64. The first-order valence-corrected chi connectivity index (χ1v) is 5.46. The van der Waals surface area contributed by atoms with Gasteiger partial charge in [-0.2, -0.15) is 0 Å². The SMILES string of the molecule is Cc1cnccc1-c1nc(Br)cs1. The van der Waals surface area contributed by atoms with Crippen molar-refractivity contribution in [3.05, 3.63) is 34.0 Å². The van der Waals surface area contributed by atoms with Crippen LogP contribution < -0.4 is 0 Å². The molecule has 0 saturated heterocycles. The molecule has 2 heterocycles. The van der Waals surface area contributed by atoms with Gasteiger partial charge in [-0.1, -0.05) is 0 Å². The average molecular weight is 255 g/mol. The van der Waals surface area contributed by atoms with Crippen LogP contribution in [0.25, 0.3) is 10.6 Å². The minimum Gasteiger partial charge on any atom is -0.264 e. The molecule has 0 bridgehead atoms. The van der Waals surface area contributed by atoms with E-state index in [0.717, 1.165) is 20.7 Å². The maximum atomic E-state index is 4.35. The quantitative estimate of drug-likeness (QED) is 0.781. The van der Waals surface area contributed by atoms with Crippen LogP contribution in [-0.2, 0) is 0 Å². The van der Waals surface area contributed by atoms with Crippen molar-refractivity contribution in [2.75, 3.05) is 0 Å². The molecule has 0 aliphatic rings. The Bertz CT molecular complexity index is 425. The van der Waals surface area contributed by atoms with E-state index in [1.165, 1.54) is 0 Å². The summed E-state index contributed by atoms with van der Waals surface area (Å²) in [4.78, 5) is 8.39. The number of hydrogen-bond donors (Lipinski definition) is 0. The summed E-state index contributed by atoms with van der Waals surface area (Å²) in [6, 6.07) is 1.99. The van der Waals surface area contributed by atoms with Crippen LogP contribution in [0.4, 0.5) is 0 Å². The van der Waals surface area contributed by atoms with Crippen LogP contribution in [0.1, 0.15) is 5.56 Å². The summed E-state index contributed by atoms with van der Waals surface area (Å²) < 4.78 is 0.892. The van der Waals surface area contributed by atoms with Crippen LogP contribution in [0.2, 0.25) is 0 Å². The Balaban J connectivity index is 2.52. The molecule has 13 heavy (non-hydrogen) atoms. The third kappa shape index (κ3) is 1.78. The van der Waals surface area contributed by atoms with E-state index >= 15 is 0 Å². The smallest absolute Gasteiger partial charge is 0.125 e. The minimum atomic E-state index is 0.892. The van der Waals surface area contributed by atoms with Gasteiger partial charge in [0.15, 0.2) is 0 Å². The van der Waals surface area contributed by atoms with Gasteiger partial charge in [0.25, 0.3) is 0 Å². The lowest BCUT2D eigenvalue weighted by molar-refractivity contribution is 1.25. The molecule has 0 saturated carbocycles. The fourth-order valence-electron chi connectivity index (χ4n) is 1.09. The van der Waals surface area contributed by atoms with Crippen molar-refractivity contribution >= 4 is 27.3 Å². The number of aryl methyl sites for hydroxylation is 1. The van der Waals surface area contributed by atoms with Gasteiger partial charge in [-0.05, 0) is 34.5 Å². The Morgan fingerprint density at radius 3 is 2.92 bits per heavy atom. The molecule has 0 unspecified atom stereocenters. The second-order valence-electron chi connectivity index (χ2n) is 2.67. The highest BCUT2D eigenvalue weighted by molar-refractivity contribution is 9.10. The third-order valence-corrected chi connectivity index (χ3v) is 3.31. The number of hydrogen-bond acceptors (Lipinski definition) is 3. The first-order chi connectivity index (χ1) is 6.27. The predicted molar refractivity (Wildman–Crippen MR) is 57.8 cm³/mol. The lowest BCUT2D eigenvalue weighted by Gasteiger charge is -1.98. The largest absolute Gasteiger partial charge is 0.264 e. The molecule has 2 rings (SSSR count). The molecule has 0 fully saturated rings. The molecule has 0 N–H and O–H groups in total. The molecule has 0 atom stereocenters. The zero-order valence-electron chi connectivity index (χ0n) is 6.99. The van der Waals surface area contributed by atoms with Crippen molar-refractivity contribution in [2.45, 2.75) is 6.92 Å². The van der Waals surface area contributed by atoms with Gasteiger partial charge in [-0.3, -0.25) is 4.98 Å². The number of aromatic nitrogens is 2. The van der Waals surface area contributed by atoms with Gasteiger partial charge >= 0.3 is 0 Å². The summed E-state index contributed by atoms with van der Waals surface area (Å²) in [5.41, 5.74) is 2.31. The standard InChI is InChI=1S/C9H7BrN2S/c1-6-4-11-3-2-7(6)9-12-8(10)5-13-9/h2-5H,1H3. The van der Waals surface area contributed by atoms with Gasteiger partial charge in [-0.15, -0.1) is 11.3 Å². The zero-order chi connectivity index (χ0) is 9.26. The normalized spacial score (nSPS) is 10.3. The van der Waals surface area contributed by atoms with Crippen molar-refractivity contribution in [3.8, 4) is 10.6 Å². The molecule has 4 heteroatoms. The van der Waals surface area contributed by atoms with E-state index in [2.05, 4.69) is 25.9 Å². The Morgan fingerprint density at radius 2 is 2.31 bits per heavy atom. The van der Waals surface area contributed by atoms with Gasteiger partial charge in [0.2, 0.25) is 0 Å². The zero-order valence-corrected chi connectivity index (χ0v) is 9.39. The fourth-order valence-corrected chi connectivity index (χ4v) is 2.43. The molecule has 0 spiro atoms. The van der Waals surface area contributed by atoms with E-state index < -0.39 is 0 Å². The Hall–Kier alpha value is -0.740. The van der Waals surface area contributed by atoms with E-state index in [1.807, 2.05) is 24.6 Å². The molecule has 0 aliphatic heterocycles. The van der Waals surface area contributed by atoms with Crippen molar-refractivity contribution in [3.63, 3.8) is 0 Å². The Labute approximate surface area is 88.8 Å². The van der Waals surface area contributed by atoms with E-state index in [9.17, 15) is 0 Å². The van der Waals surface area contributed by atoms with Crippen LogP contribution in [0.5, 0.6) is 0 Å². The summed E-state index contributed by atoms with van der Waals surface area (Å²) in [5.74, 6) is 0. The van der Waals surface area contributed by atoms with E-state index in [0.29, 0.717) is 0 Å². The lowest BCUT2D eigenvalue weighted by Crippen LogP contribution is -1.82. The Kier molecular flexibility index (Phi) is 2.42. The van der Waals surface area contributed by atoms with E-state index in [4.69, 9.17) is 0 Å². The number of thiazole rings is 1. The van der Waals surface area contributed by atoms with Crippen molar-refractivity contribution in [1.29, 1.82) is 0 Å². The maximum Gasteiger partial charge on any atom is 0.125 e. The molecule has 0 radical (unpaired) electrons. The topological polar surface area (TPSA) is 25.8 Å². The monoisotopic (exact) mass is 254 g/mol. The summed E-state index contributed by atoms with van der Waals surface area (Å²) in [5, 5.41) is 3.02. The highest BCUT2D eigenvalue weighted by atomic mass is 79.9. The van der Waals surface area contributed by atoms with Crippen LogP contribution >= 0.6 is 27.3 Å². The average Bonchev–Trinajstić information content (AvgIpc) is 2.53. The van der Waals surface area contributed by atoms with Gasteiger partial charge in [0.1, 0.15) is 9.61 Å². The summed E-state index contributed by atoms with van der Waals surface area (Å²) >= 11 is 4.97. The van der Waals surface area contributed by atoms with Crippen LogP contribution in [0, 0.1) is 6.92 Å². The van der Waals surface area contributed by atoms with E-state index in [-0.39, 0.29) is 0 Å². The van der Waals surface area contributed by atoms with Crippen LogP contribution in [-0.4, -0.2) is 9.97 Å². The highest BCUT2D eigenvalue weighted by Crippen LogP contribution is 2.27. The maximum absolute atomic E-state index is 4.35. The van der Waals surface area contributed by atoms with Gasteiger partial charge in [0.05, 0.1) is 0 Å². The molecule has 2 aromatic rings. The molecule has 0 aromatic carbocycles. The van der Waals surface area contributed by atoms with Gasteiger partial charge < -0.3 is 0 Å². The molecule has 0 amide bonds. The van der Waals surface area contributed by atoms with Gasteiger partial charge in [0, 0.05) is 23.3 Å². The second kappa shape index (κ2) is 3.55. The number of rotatable bonds is 1. The first-order valence-electron chi connectivity index (χ1n) is 3.79. The number of nitrogens with zero attached hydrogens (tertiary/aromatic N) is 2. The molecule has 0 aliphatic carbocycles. The van der Waals surface area contributed by atoms with Crippen molar-refractivity contribution < 1.29 is 0 Å². The second-order valence-corrected chi connectivity index (χ2v) is 4.34. The third-order valence-electron chi connectivity index (χ3n) is 1.73. The van der Waals surface area contributed by atoms with Gasteiger partial charge in [-0.25, -0.2) is 4.98 Å². The molecule has 66 valence electrons. The molecule has 2 aromatic heterocycles. The van der Waals surface area contributed by atoms with Crippen molar-refractivity contribution in [1.82, 2.24) is 9.97 Å². The molecular formula is C9H7BrN2S. The van der Waals surface area contributed by atoms with Crippen LogP contribution in [0.15, 0.2) is 28.4 Å². The molecule has 2 nitrogen and oxygen atoms in total. The minimum absolute atomic E-state index is 0.892. The first kappa shape index (κ1) is 8.84. The molecular weight excluding hydrogens is 248 g/mol. The lowest BCUT2D eigenvalue weighted by atomic mass is 10.2. The van der Waals surface area contributed by atoms with Crippen LogP contribution in [0.3, 0.4) is 0 Å².